The lowest BCUT2D eigenvalue weighted by molar-refractivity contribution is 0.239. The summed E-state index contributed by atoms with van der Waals surface area (Å²) in [5.41, 5.74) is 6.06. The first-order valence-corrected chi connectivity index (χ1v) is 19.0. The van der Waals surface area contributed by atoms with Crippen LogP contribution in [0.5, 0.6) is 0 Å². The van der Waals surface area contributed by atoms with Crippen LogP contribution in [-0.2, 0) is 12.3 Å². The van der Waals surface area contributed by atoms with E-state index < -0.39 is 33.8 Å². The number of nitrogens with two attached hydrogens (primary N) is 1. The summed E-state index contributed by atoms with van der Waals surface area (Å²) in [7, 11) is -8.15. The molecule has 0 saturated heterocycles. The van der Waals surface area contributed by atoms with Gasteiger partial charge >= 0.3 is 8.80 Å². The fourth-order valence-corrected chi connectivity index (χ4v) is 15.7. The molecule has 0 aromatic carbocycles. The molecule has 0 aromatic rings. The third-order valence-electron chi connectivity index (χ3n) is 1.90. The molecule has 0 saturated carbocycles. The van der Waals surface area contributed by atoms with Gasteiger partial charge in [0.2, 0.25) is 0 Å². The van der Waals surface area contributed by atoms with Gasteiger partial charge in [-0.05, 0) is 65.8 Å². The zero-order chi connectivity index (χ0) is 15.7. The SMILES string of the molecule is CC(N)[Si](O[Si](C)(C)C)(O[Si](C)(C)C)O[Si](C)(C)C. The first-order valence-electron chi connectivity index (χ1n) is 6.92. The van der Waals surface area contributed by atoms with Gasteiger partial charge in [-0.25, -0.2) is 0 Å². The van der Waals surface area contributed by atoms with Gasteiger partial charge in [-0.15, -0.1) is 0 Å². The van der Waals surface area contributed by atoms with Crippen LogP contribution in [0.15, 0.2) is 0 Å². The van der Waals surface area contributed by atoms with E-state index in [0.717, 1.165) is 0 Å². The van der Waals surface area contributed by atoms with Crippen molar-refractivity contribution in [3.63, 3.8) is 0 Å². The van der Waals surface area contributed by atoms with Crippen LogP contribution in [-0.4, -0.2) is 39.4 Å². The highest BCUT2D eigenvalue weighted by molar-refractivity contribution is 6.90. The summed E-state index contributed by atoms with van der Waals surface area (Å²) in [5, 5.41) is 0. The lowest BCUT2D eigenvalue weighted by Crippen LogP contribution is -2.68. The Hall–Kier alpha value is 0.708. The number of rotatable bonds is 7. The van der Waals surface area contributed by atoms with Crippen LogP contribution in [0, 0.1) is 0 Å². The van der Waals surface area contributed by atoms with Gasteiger partial charge in [-0.1, -0.05) is 0 Å². The summed E-state index contributed by atoms with van der Waals surface area (Å²) in [6, 6.07) is 0. The van der Waals surface area contributed by atoms with E-state index in [1.807, 2.05) is 6.92 Å². The maximum Gasteiger partial charge on any atom is 0.486 e. The van der Waals surface area contributed by atoms with Crippen molar-refractivity contribution in [3.8, 4) is 0 Å². The average molecular weight is 340 g/mol. The van der Waals surface area contributed by atoms with Crippen molar-refractivity contribution in [3.05, 3.63) is 0 Å². The van der Waals surface area contributed by atoms with Gasteiger partial charge in [-0.3, -0.25) is 0 Å². The van der Waals surface area contributed by atoms with E-state index in [1.54, 1.807) is 0 Å². The van der Waals surface area contributed by atoms with Crippen LogP contribution in [0.1, 0.15) is 6.92 Å². The van der Waals surface area contributed by atoms with Gasteiger partial charge in [0.1, 0.15) is 0 Å². The quantitative estimate of drug-likeness (QED) is 0.723. The van der Waals surface area contributed by atoms with Gasteiger partial charge in [0.15, 0.2) is 25.0 Å². The first kappa shape index (κ1) is 19.7. The largest absolute Gasteiger partial charge is 0.486 e. The molecule has 116 valence electrons. The second kappa shape index (κ2) is 6.22. The number of hydrogen-bond donors (Lipinski definition) is 1. The minimum Gasteiger partial charge on any atom is -0.416 e. The normalized spacial score (nSPS) is 16.6. The summed E-state index contributed by atoms with van der Waals surface area (Å²) < 4.78 is 19.3. The van der Waals surface area contributed by atoms with Crippen LogP contribution < -0.4 is 5.73 Å². The van der Waals surface area contributed by atoms with Crippen molar-refractivity contribution < 1.29 is 12.3 Å². The standard InChI is InChI=1S/C11H33NO3Si4/c1-11(12)19(13-16(2,3)4,14-17(5,6)7)15-18(8,9)10/h11H,12H2,1-10H3. The summed E-state index contributed by atoms with van der Waals surface area (Å²) in [6.45, 7) is 21.4. The zero-order valence-corrected chi connectivity index (χ0v) is 18.4. The topological polar surface area (TPSA) is 53.7 Å². The summed E-state index contributed by atoms with van der Waals surface area (Å²) in [6.07, 6.45) is 0. The van der Waals surface area contributed by atoms with E-state index in [1.165, 1.54) is 0 Å². The third-order valence-corrected chi connectivity index (χ3v) is 13.8. The van der Waals surface area contributed by atoms with Gasteiger partial charge < -0.3 is 18.1 Å². The minimum absolute atomic E-state index is 0.183. The van der Waals surface area contributed by atoms with E-state index in [0.29, 0.717) is 0 Å². The summed E-state index contributed by atoms with van der Waals surface area (Å²) in [4.78, 5) is 0. The Labute approximate surface area is 123 Å². The molecule has 0 aliphatic heterocycles. The molecule has 2 N–H and O–H groups in total. The Morgan fingerprint density at radius 1 is 0.632 bits per heavy atom. The van der Waals surface area contributed by atoms with Crippen molar-refractivity contribution in [2.24, 2.45) is 5.73 Å². The predicted octanol–water partition coefficient (Wildman–Crippen LogP) is 3.37. The molecule has 4 nitrogen and oxygen atoms in total. The second-order valence-electron chi connectivity index (χ2n) is 8.04. The molecule has 0 bridgehead atoms. The van der Waals surface area contributed by atoms with E-state index in [-0.39, 0.29) is 5.67 Å². The van der Waals surface area contributed by atoms with Crippen molar-refractivity contribution in [2.75, 3.05) is 0 Å². The van der Waals surface area contributed by atoms with Crippen LogP contribution in [0.4, 0.5) is 0 Å². The zero-order valence-electron chi connectivity index (χ0n) is 14.4. The van der Waals surface area contributed by atoms with Gasteiger partial charge in [-0.2, -0.15) is 0 Å². The van der Waals surface area contributed by atoms with Crippen LogP contribution in [0.25, 0.3) is 0 Å². The second-order valence-corrected chi connectivity index (χ2v) is 25.3. The highest BCUT2D eigenvalue weighted by Gasteiger charge is 2.53. The molecule has 8 heteroatoms. The Morgan fingerprint density at radius 3 is 0.947 bits per heavy atom. The molecule has 0 aliphatic rings. The highest BCUT2D eigenvalue weighted by Crippen LogP contribution is 2.27. The predicted molar refractivity (Wildman–Crippen MR) is 92.7 cm³/mol. The van der Waals surface area contributed by atoms with Gasteiger partial charge in [0.25, 0.3) is 0 Å². The van der Waals surface area contributed by atoms with Crippen molar-refractivity contribution >= 4 is 33.8 Å². The Bertz CT molecular complexity index is 251. The maximum absolute atomic E-state index is 6.42. The first-order chi connectivity index (χ1) is 8.06. The van der Waals surface area contributed by atoms with Crippen molar-refractivity contribution in [1.82, 2.24) is 0 Å². The lowest BCUT2D eigenvalue weighted by Gasteiger charge is -2.44. The van der Waals surface area contributed by atoms with E-state index in [9.17, 15) is 0 Å². The molecule has 0 fully saturated rings. The molecular weight excluding hydrogens is 306 g/mol. The van der Waals surface area contributed by atoms with Crippen molar-refractivity contribution in [1.29, 1.82) is 0 Å². The minimum atomic E-state index is -2.82. The molecule has 0 aliphatic carbocycles. The monoisotopic (exact) mass is 339 g/mol. The molecule has 0 aromatic heterocycles. The summed E-state index contributed by atoms with van der Waals surface area (Å²) in [5.74, 6) is 0. The lowest BCUT2D eigenvalue weighted by atomic mass is 10.8. The average Bonchev–Trinajstić information content (AvgIpc) is 1.91. The molecule has 0 amide bonds. The Kier molecular flexibility index (Phi) is 6.45. The Balaban J connectivity index is 5.48. The molecule has 0 spiro atoms. The maximum atomic E-state index is 6.42. The fourth-order valence-electron chi connectivity index (χ4n) is 1.62. The van der Waals surface area contributed by atoms with Gasteiger partial charge in [0.05, 0.1) is 5.67 Å². The van der Waals surface area contributed by atoms with Crippen LogP contribution >= 0.6 is 0 Å². The van der Waals surface area contributed by atoms with E-state index in [2.05, 4.69) is 58.9 Å². The smallest absolute Gasteiger partial charge is 0.416 e. The molecular formula is C11H33NO3Si4. The van der Waals surface area contributed by atoms with E-state index >= 15 is 0 Å². The molecule has 0 heterocycles. The highest BCUT2D eigenvalue weighted by atomic mass is 28.5. The molecule has 1 unspecified atom stereocenters. The molecule has 19 heavy (non-hydrogen) atoms. The van der Waals surface area contributed by atoms with E-state index in [4.69, 9.17) is 18.1 Å². The van der Waals surface area contributed by atoms with Crippen LogP contribution in [0.2, 0.25) is 58.9 Å². The van der Waals surface area contributed by atoms with Crippen molar-refractivity contribution in [2.45, 2.75) is 71.5 Å². The third kappa shape index (κ3) is 8.55. The van der Waals surface area contributed by atoms with Crippen LogP contribution in [0.3, 0.4) is 0 Å². The molecule has 0 radical (unpaired) electrons. The fraction of sp³-hybridized carbons (Fsp3) is 1.00. The molecule has 0 rings (SSSR count). The summed E-state index contributed by atoms with van der Waals surface area (Å²) >= 11 is 0. The number of hydrogen-bond acceptors (Lipinski definition) is 4. The Morgan fingerprint density at radius 2 is 0.842 bits per heavy atom. The molecule has 1 atom stereocenters. The van der Waals surface area contributed by atoms with Gasteiger partial charge in [0, 0.05) is 0 Å².